The Morgan fingerprint density at radius 1 is 1.53 bits per heavy atom. The van der Waals surface area contributed by atoms with E-state index >= 15 is 0 Å². The van der Waals surface area contributed by atoms with E-state index in [4.69, 9.17) is 10.5 Å². The van der Waals surface area contributed by atoms with Gasteiger partial charge in [-0.3, -0.25) is 4.79 Å². The molecule has 0 saturated carbocycles. The summed E-state index contributed by atoms with van der Waals surface area (Å²) in [7, 11) is 1.59. The fraction of sp³-hybridized carbons (Fsp3) is 0.417. The first-order chi connectivity index (χ1) is 7.58. The Morgan fingerprint density at radius 3 is 2.71 bits per heavy atom. The second-order valence-corrected chi connectivity index (χ2v) is 3.79. The zero-order chi connectivity index (χ0) is 12.1. The Balaban J connectivity index is 0.00000256. The van der Waals surface area contributed by atoms with Gasteiger partial charge in [-0.1, -0.05) is 6.07 Å². The summed E-state index contributed by atoms with van der Waals surface area (Å²) in [5.74, 6) is 0.587. The summed E-state index contributed by atoms with van der Waals surface area (Å²) < 4.78 is 5.16. The highest BCUT2D eigenvalue weighted by atomic mass is 35.5. The van der Waals surface area contributed by atoms with Crippen LogP contribution in [0, 0.1) is 6.92 Å². The molecule has 0 aliphatic carbocycles. The second kappa shape index (κ2) is 7.14. The number of halogens is 1. The van der Waals surface area contributed by atoms with Gasteiger partial charge in [-0.05, 0) is 31.5 Å². The van der Waals surface area contributed by atoms with Crippen molar-refractivity contribution in [1.29, 1.82) is 0 Å². The van der Waals surface area contributed by atoms with Crippen LogP contribution in [0.4, 0.5) is 0 Å². The summed E-state index contributed by atoms with van der Waals surface area (Å²) in [4.78, 5) is 11.8. The number of methoxy groups -OCH3 is 1. The summed E-state index contributed by atoms with van der Waals surface area (Å²) in [6.07, 6.45) is 0. The van der Waals surface area contributed by atoms with E-state index in [0.29, 0.717) is 17.9 Å². The third kappa shape index (κ3) is 4.24. The molecule has 0 heterocycles. The Kier molecular flexibility index (Phi) is 6.61. The van der Waals surface area contributed by atoms with Gasteiger partial charge >= 0.3 is 0 Å². The van der Waals surface area contributed by atoms with E-state index in [1.54, 1.807) is 19.2 Å². The van der Waals surface area contributed by atoms with Gasteiger partial charge < -0.3 is 15.8 Å². The van der Waals surface area contributed by atoms with E-state index in [2.05, 4.69) is 5.32 Å². The monoisotopic (exact) mass is 258 g/mol. The summed E-state index contributed by atoms with van der Waals surface area (Å²) in [6, 6.07) is 5.34. The fourth-order valence-electron chi connectivity index (χ4n) is 1.33. The van der Waals surface area contributed by atoms with Crippen LogP contribution in [0.1, 0.15) is 22.8 Å². The maximum absolute atomic E-state index is 11.8. The lowest BCUT2D eigenvalue weighted by molar-refractivity contribution is 0.0941. The first-order valence-corrected chi connectivity index (χ1v) is 5.24. The van der Waals surface area contributed by atoms with Gasteiger partial charge in [0.15, 0.2) is 0 Å². The Bertz CT molecular complexity index is 383. The molecule has 0 aliphatic rings. The minimum atomic E-state index is -0.128. The minimum Gasteiger partial charge on any atom is -0.496 e. The standard InChI is InChI=1S/C12H18N2O2.ClH/c1-8-4-5-10(6-11(8)16-3)12(15)14-9(2)7-13;/h4-6,9H,7,13H2,1-3H3,(H,14,15);1H/t9-;/m0./s1. The molecule has 0 saturated heterocycles. The van der Waals surface area contributed by atoms with Gasteiger partial charge in [-0.25, -0.2) is 0 Å². The minimum absolute atomic E-state index is 0. The number of hydrogen-bond donors (Lipinski definition) is 2. The summed E-state index contributed by atoms with van der Waals surface area (Å²) >= 11 is 0. The maximum Gasteiger partial charge on any atom is 0.251 e. The van der Waals surface area contributed by atoms with Crippen LogP contribution in [0.25, 0.3) is 0 Å². The third-order valence-electron chi connectivity index (χ3n) is 2.40. The van der Waals surface area contributed by atoms with Crippen LogP contribution in [0.3, 0.4) is 0 Å². The maximum atomic E-state index is 11.8. The van der Waals surface area contributed by atoms with Gasteiger partial charge in [-0.15, -0.1) is 12.4 Å². The van der Waals surface area contributed by atoms with Crippen LogP contribution < -0.4 is 15.8 Å². The number of aryl methyl sites for hydroxylation is 1. The molecule has 1 amide bonds. The predicted molar refractivity (Wildman–Crippen MR) is 71.0 cm³/mol. The topological polar surface area (TPSA) is 64.3 Å². The number of carbonyl (C=O) groups is 1. The van der Waals surface area contributed by atoms with Crippen molar-refractivity contribution < 1.29 is 9.53 Å². The smallest absolute Gasteiger partial charge is 0.251 e. The number of nitrogens with one attached hydrogen (secondary N) is 1. The van der Waals surface area contributed by atoms with Crippen molar-refractivity contribution in [1.82, 2.24) is 5.32 Å². The Morgan fingerprint density at radius 2 is 2.18 bits per heavy atom. The first-order valence-electron chi connectivity index (χ1n) is 5.24. The van der Waals surface area contributed by atoms with Crippen molar-refractivity contribution in [2.75, 3.05) is 13.7 Å². The Labute approximate surface area is 108 Å². The van der Waals surface area contributed by atoms with Crippen molar-refractivity contribution in [3.63, 3.8) is 0 Å². The number of rotatable bonds is 4. The highest BCUT2D eigenvalue weighted by Crippen LogP contribution is 2.18. The molecule has 0 spiro atoms. The van der Waals surface area contributed by atoms with E-state index in [9.17, 15) is 4.79 Å². The number of amides is 1. The highest BCUT2D eigenvalue weighted by molar-refractivity contribution is 5.94. The second-order valence-electron chi connectivity index (χ2n) is 3.79. The molecule has 1 aromatic carbocycles. The van der Waals surface area contributed by atoms with E-state index in [1.165, 1.54) is 0 Å². The molecule has 1 atom stereocenters. The molecule has 96 valence electrons. The van der Waals surface area contributed by atoms with E-state index in [-0.39, 0.29) is 24.4 Å². The number of nitrogens with two attached hydrogens (primary N) is 1. The van der Waals surface area contributed by atoms with Crippen LogP contribution in [0.2, 0.25) is 0 Å². The molecule has 0 fully saturated rings. The Hall–Kier alpha value is -1.26. The van der Waals surface area contributed by atoms with Gasteiger partial charge in [0.05, 0.1) is 7.11 Å². The predicted octanol–water partition coefficient (Wildman–Crippen LogP) is 1.50. The van der Waals surface area contributed by atoms with Crippen LogP contribution in [0.5, 0.6) is 5.75 Å². The molecule has 1 aromatic rings. The lowest BCUT2D eigenvalue weighted by Crippen LogP contribution is -2.37. The van der Waals surface area contributed by atoms with E-state index in [0.717, 1.165) is 5.56 Å². The molecule has 0 aromatic heterocycles. The van der Waals surface area contributed by atoms with E-state index in [1.807, 2.05) is 19.9 Å². The SMILES string of the molecule is COc1cc(C(=O)N[C@@H](C)CN)ccc1C.Cl. The van der Waals surface area contributed by atoms with Crippen molar-refractivity contribution in [3.8, 4) is 5.75 Å². The molecular formula is C12H19ClN2O2. The number of ether oxygens (including phenoxy) is 1. The molecule has 0 radical (unpaired) electrons. The zero-order valence-corrected chi connectivity index (χ0v) is 11.1. The van der Waals surface area contributed by atoms with Crippen LogP contribution in [0.15, 0.2) is 18.2 Å². The van der Waals surface area contributed by atoms with Crippen LogP contribution in [-0.4, -0.2) is 25.6 Å². The van der Waals surface area contributed by atoms with Gasteiger partial charge in [0.1, 0.15) is 5.75 Å². The van der Waals surface area contributed by atoms with Crippen molar-refractivity contribution in [2.24, 2.45) is 5.73 Å². The largest absolute Gasteiger partial charge is 0.496 e. The molecule has 5 heteroatoms. The quantitative estimate of drug-likeness (QED) is 0.860. The average Bonchev–Trinajstić information content (AvgIpc) is 2.29. The molecule has 4 nitrogen and oxygen atoms in total. The van der Waals surface area contributed by atoms with Crippen LogP contribution in [-0.2, 0) is 0 Å². The number of carbonyl (C=O) groups excluding carboxylic acids is 1. The molecule has 0 unspecified atom stereocenters. The molecule has 0 aliphatic heterocycles. The van der Waals surface area contributed by atoms with Gasteiger partial charge in [0.25, 0.3) is 5.91 Å². The third-order valence-corrected chi connectivity index (χ3v) is 2.40. The normalized spacial score (nSPS) is 11.3. The van der Waals surface area contributed by atoms with Gasteiger partial charge in [-0.2, -0.15) is 0 Å². The van der Waals surface area contributed by atoms with Gasteiger partial charge in [0.2, 0.25) is 0 Å². The average molecular weight is 259 g/mol. The number of benzene rings is 1. The number of hydrogen-bond acceptors (Lipinski definition) is 3. The van der Waals surface area contributed by atoms with E-state index < -0.39 is 0 Å². The van der Waals surface area contributed by atoms with Crippen LogP contribution >= 0.6 is 12.4 Å². The lowest BCUT2D eigenvalue weighted by atomic mass is 10.1. The van der Waals surface area contributed by atoms with Crippen molar-refractivity contribution >= 4 is 18.3 Å². The summed E-state index contributed by atoms with van der Waals surface area (Å²) in [6.45, 7) is 4.22. The summed E-state index contributed by atoms with van der Waals surface area (Å²) in [5.41, 5.74) is 7.03. The van der Waals surface area contributed by atoms with Crippen molar-refractivity contribution in [3.05, 3.63) is 29.3 Å². The molecule has 17 heavy (non-hydrogen) atoms. The van der Waals surface area contributed by atoms with Crippen molar-refractivity contribution in [2.45, 2.75) is 19.9 Å². The lowest BCUT2D eigenvalue weighted by Gasteiger charge is -2.12. The highest BCUT2D eigenvalue weighted by Gasteiger charge is 2.10. The zero-order valence-electron chi connectivity index (χ0n) is 10.3. The van der Waals surface area contributed by atoms with Gasteiger partial charge in [0, 0.05) is 18.2 Å². The molecule has 0 bridgehead atoms. The fourth-order valence-corrected chi connectivity index (χ4v) is 1.33. The summed E-state index contributed by atoms with van der Waals surface area (Å²) in [5, 5.41) is 2.80. The first kappa shape index (κ1) is 15.7. The molecular weight excluding hydrogens is 240 g/mol. The molecule has 1 rings (SSSR count). The molecule has 3 N–H and O–H groups in total.